The highest BCUT2D eigenvalue weighted by Gasteiger charge is 2.36. The molecule has 2 amide bonds. The maximum absolute atomic E-state index is 12.5. The topological polar surface area (TPSA) is 116 Å². The molecule has 0 bridgehead atoms. The Morgan fingerprint density at radius 2 is 2.04 bits per heavy atom. The first-order valence-corrected chi connectivity index (χ1v) is 9.82. The first-order valence-electron chi connectivity index (χ1n) is 9.82. The molecule has 3 heterocycles. The maximum atomic E-state index is 12.5. The highest BCUT2D eigenvalue weighted by atomic mass is 16.2. The second kappa shape index (κ2) is 8.47. The van der Waals surface area contributed by atoms with Crippen LogP contribution >= 0.6 is 0 Å². The van der Waals surface area contributed by atoms with Gasteiger partial charge in [-0.2, -0.15) is 5.10 Å². The molecule has 28 heavy (non-hydrogen) atoms. The minimum Gasteiger partial charge on any atom is -0.353 e. The zero-order chi connectivity index (χ0) is 19.3. The van der Waals surface area contributed by atoms with Crippen LogP contribution < -0.4 is 10.6 Å². The first-order chi connectivity index (χ1) is 13.7. The van der Waals surface area contributed by atoms with Crippen molar-refractivity contribution in [2.24, 2.45) is 0 Å². The van der Waals surface area contributed by atoms with Crippen molar-refractivity contribution in [3.8, 4) is 11.4 Å². The van der Waals surface area contributed by atoms with Crippen molar-refractivity contribution in [2.45, 2.75) is 50.7 Å². The maximum Gasteiger partial charge on any atom is 0.237 e. The molecule has 148 valence electrons. The van der Waals surface area contributed by atoms with Crippen LogP contribution in [0.25, 0.3) is 11.4 Å². The number of hydrogen-bond acceptors (Lipinski definition) is 6. The van der Waals surface area contributed by atoms with Gasteiger partial charge >= 0.3 is 0 Å². The van der Waals surface area contributed by atoms with Crippen molar-refractivity contribution in [3.63, 3.8) is 0 Å². The number of piperazine rings is 1. The summed E-state index contributed by atoms with van der Waals surface area (Å²) >= 11 is 0. The molecule has 0 spiro atoms. The lowest BCUT2D eigenvalue weighted by Gasteiger charge is -2.38. The van der Waals surface area contributed by atoms with E-state index in [0.717, 1.165) is 24.9 Å². The molecular formula is C19H25N7O2. The molecule has 1 aliphatic heterocycles. The second-order valence-corrected chi connectivity index (χ2v) is 7.31. The highest BCUT2D eigenvalue weighted by molar-refractivity contribution is 5.88. The number of pyridine rings is 1. The Kier molecular flexibility index (Phi) is 5.61. The SMILES string of the molecule is O=C(C[C@H]1C(=O)NCCN1C1CCCC1)NCc1nc(-c2ccncc2)n[nH]1. The Morgan fingerprint density at radius 3 is 2.82 bits per heavy atom. The van der Waals surface area contributed by atoms with Crippen molar-refractivity contribution < 1.29 is 9.59 Å². The van der Waals surface area contributed by atoms with Gasteiger partial charge < -0.3 is 10.6 Å². The Bertz CT molecular complexity index is 817. The van der Waals surface area contributed by atoms with Gasteiger partial charge in [0.05, 0.1) is 19.0 Å². The number of nitrogens with zero attached hydrogens (tertiary/aromatic N) is 4. The van der Waals surface area contributed by atoms with Gasteiger partial charge in [0.15, 0.2) is 5.82 Å². The van der Waals surface area contributed by atoms with Gasteiger partial charge in [0.2, 0.25) is 11.8 Å². The molecule has 0 unspecified atom stereocenters. The van der Waals surface area contributed by atoms with Crippen LogP contribution in [0, 0.1) is 0 Å². The summed E-state index contributed by atoms with van der Waals surface area (Å²) in [5.41, 5.74) is 0.856. The first kappa shape index (κ1) is 18.5. The van der Waals surface area contributed by atoms with E-state index in [1.807, 2.05) is 12.1 Å². The Morgan fingerprint density at radius 1 is 1.25 bits per heavy atom. The quantitative estimate of drug-likeness (QED) is 0.673. The van der Waals surface area contributed by atoms with Crippen molar-refractivity contribution in [2.75, 3.05) is 13.1 Å². The number of aromatic amines is 1. The van der Waals surface area contributed by atoms with E-state index in [-0.39, 0.29) is 30.8 Å². The van der Waals surface area contributed by atoms with Crippen molar-refractivity contribution >= 4 is 11.8 Å². The second-order valence-electron chi connectivity index (χ2n) is 7.31. The van der Waals surface area contributed by atoms with E-state index in [9.17, 15) is 9.59 Å². The Hall–Kier alpha value is -2.81. The molecule has 2 aliphatic rings. The predicted molar refractivity (Wildman–Crippen MR) is 102 cm³/mol. The average Bonchev–Trinajstić information content (AvgIpc) is 3.41. The van der Waals surface area contributed by atoms with Crippen LogP contribution in [0.4, 0.5) is 0 Å². The zero-order valence-electron chi connectivity index (χ0n) is 15.7. The molecule has 2 aromatic rings. The Labute approximate surface area is 163 Å². The lowest BCUT2D eigenvalue weighted by molar-refractivity contribution is -0.135. The fourth-order valence-electron chi connectivity index (χ4n) is 4.05. The third kappa shape index (κ3) is 4.19. The van der Waals surface area contributed by atoms with Gasteiger partial charge in [0.25, 0.3) is 0 Å². The van der Waals surface area contributed by atoms with E-state index in [1.165, 1.54) is 12.8 Å². The summed E-state index contributed by atoms with van der Waals surface area (Å²) in [6.45, 7) is 1.71. The monoisotopic (exact) mass is 383 g/mol. The molecule has 4 rings (SSSR count). The molecule has 3 N–H and O–H groups in total. The minimum absolute atomic E-state index is 0.0482. The van der Waals surface area contributed by atoms with Crippen molar-refractivity contribution in [1.29, 1.82) is 0 Å². The number of H-pyrrole nitrogens is 1. The summed E-state index contributed by atoms with van der Waals surface area (Å²) in [6, 6.07) is 3.68. The summed E-state index contributed by atoms with van der Waals surface area (Å²) in [5.74, 6) is 0.923. The number of aromatic nitrogens is 4. The van der Waals surface area contributed by atoms with Crippen LogP contribution in [-0.2, 0) is 16.1 Å². The van der Waals surface area contributed by atoms with Gasteiger partial charge in [-0.1, -0.05) is 12.8 Å². The molecule has 1 saturated carbocycles. The van der Waals surface area contributed by atoms with Crippen LogP contribution in [0.2, 0.25) is 0 Å². The number of carbonyl (C=O) groups excluding carboxylic acids is 2. The van der Waals surface area contributed by atoms with Gasteiger partial charge in [-0.15, -0.1) is 0 Å². The third-order valence-electron chi connectivity index (χ3n) is 5.47. The van der Waals surface area contributed by atoms with E-state index >= 15 is 0 Å². The summed E-state index contributed by atoms with van der Waals surface area (Å²) in [6.07, 6.45) is 8.15. The van der Waals surface area contributed by atoms with E-state index in [4.69, 9.17) is 0 Å². The number of hydrogen-bond donors (Lipinski definition) is 3. The zero-order valence-corrected chi connectivity index (χ0v) is 15.7. The Balaban J connectivity index is 1.33. The van der Waals surface area contributed by atoms with E-state index < -0.39 is 0 Å². The summed E-state index contributed by atoms with van der Waals surface area (Å²) in [4.78, 5) is 35.4. The van der Waals surface area contributed by atoms with Crippen LogP contribution in [0.5, 0.6) is 0 Å². The van der Waals surface area contributed by atoms with Crippen LogP contribution in [0.1, 0.15) is 37.9 Å². The van der Waals surface area contributed by atoms with Gasteiger partial charge in [0.1, 0.15) is 5.82 Å². The van der Waals surface area contributed by atoms with Gasteiger partial charge in [-0.05, 0) is 25.0 Å². The molecule has 1 atom stereocenters. The molecule has 1 saturated heterocycles. The van der Waals surface area contributed by atoms with Gasteiger partial charge in [0, 0.05) is 37.1 Å². The number of nitrogens with one attached hydrogen (secondary N) is 3. The van der Waals surface area contributed by atoms with Crippen molar-refractivity contribution in [1.82, 2.24) is 35.7 Å². The minimum atomic E-state index is -0.390. The number of carbonyl (C=O) groups is 2. The van der Waals surface area contributed by atoms with Crippen LogP contribution in [-0.4, -0.2) is 62.1 Å². The standard InChI is InChI=1S/C19H25N7O2/c27-17(11-15-19(28)21-9-10-26(15)14-3-1-2-4-14)22-12-16-23-18(25-24-16)13-5-7-20-8-6-13/h5-8,14-15H,1-4,9-12H2,(H,21,28)(H,22,27)(H,23,24,25)/t15-/m0/s1. The molecular weight excluding hydrogens is 358 g/mol. The largest absolute Gasteiger partial charge is 0.353 e. The highest BCUT2D eigenvalue weighted by Crippen LogP contribution is 2.26. The third-order valence-corrected chi connectivity index (χ3v) is 5.47. The van der Waals surface area contributed by atoms with Crippen molar-refractivity contribution in [3.05, 3.63) is 30.4 Å². The fourth-order valence-corrected chi connectivity index (χ4v) is 4.05. The summed E-state index contributed by atoms with van der Waals surface area (Å²) in [7, 11) is 0. The fraction of sp³-hybridized carbons (Fsp3) is 0.526. The number of amides is 2. The predicted octanol–water partition coefficient (Wildman–Crippen LogP) is 0.616. The molecule has 0 radical (unpaired) electrons. The van der Waals surface area contributed by atoms with E-state index in [1.54, 1.807) is 12.4 Å². The smallest absolute Gasteiger partial charge is 0.237 e. The summed E-state index contributed by atoms with van der Waals surface area (Å²) < 4.78 is 0. The molecule has 1 aliphatic carbocycles. The molecule has 2 fully saturated rings. The van der Waals surface area contributed by atoms with Crippen LogP contribution in [0.15, 0.2) is 24.5 Å². The number of rotatable bonds is 6. The normalized spacial score (nSPS) is 20.9. The van der Waals surface area contributed by atoms with E-state index in [0.29, 0.717) is 24.2 Å². The van der Waals surface area contributed by atoms with Gasteiger partial charge in [-0.25, -0.2) is 4.98 Å². The average molecular weight is 383 g/mol. The van der Waals surface area contributed by atoms with Gasteiger partial charge in [-0.3, -0.25) is 24.6 Å². The molecule has 9 heteroatoms. The molecule has 0 aromatic carbocycles. The summed E-state index contributed by atoms with van der Waals surface area (Å²) in [5, 5.41) is 12.8. The van der Waals surface area contributed by atoms with E-state index in [2.05, 4.69) is 35.7 Å². The molecule has 9 nitrogen and oxygen atoms in total. The molecule has 2 aromatic heterocycles. The van der Waals surface area contributed by atoms with Crippen LogP contribution in [0.3, 0.4) is 0 Å². The lowest BCUT2D eigenvalue weighted by atomic mass is 10.0. The lowest BCUT2D eigenvalue weighted by Crippen LogP contribution is -2.59.